The molecule has 6 heteroatoms. The van der Waals surface area contributed by atoms with Crippen LogP contribution in [0.3, 0.4) is 0 Å². The van der Waals surface area contributed by atoms with Crippen LogP contribution in [0.25, 0.3) is 22.2 Å². The molecule has 2 heterocycles. The van der Waals surface area contributed by atoms with Crippen molar-refractivity contribution >= 4 is 28.2 Å². The maximum absolute atomic E-state index is 12.4. The van der Waals surface area contributed by atoms with Gasteiger partial charge in [-0.15, -0.1) is 11.3 Å². The summed E-state index contributed by atoms with van der Waals surface area (Å²) in [6.45, 7) is 2.17. The van der Waals surface area contributed by atoms with E-state index in [2.05, 4.69) is 10.3 Å². The standard InChI is InChI=1S/C21H16N2O3S/c1-13-7-8-18-15(9-13)17(24)10-19(26-18)21(25)22-11-20-23-16(12-27-20)14-5-3-2-4-6-14/h2-10,12H,11H2,1H3,(H,22,25). The molecule has 4 aromatic rings. The van der Waals surface area contributed by atoms with Crippen molar-refractivity contribution in [2.75, 3.05) is 0 Å². The van der Waals surface area contributed by atoms with Crippen LogP contribution in [0, 0.1) is 6.92 Å². The van der Waals surface area contributed by atoms with Gasteiger partial charge in [0.05, 0.1) is 17.6 Å². The van der Waals surface area contributed by atoms with Crippen molar-refractivity contribution in [2.24, 2.45) is 0 Å². The van der Waals surface area contributed by atoms with E-state index in [1.165, 1.54) is 17.4 Å². The van der Waals surface area contributed by atoms with Crippen LogP contribution in [-0.2, 0) is 6.54 Å². The molecule has 0 spiro atoms. The molecule has 1 N–H and O–H groups in total. The summed E-state index contributed by atoms with van der Waals surface area (Å²) >= 11 is 1.47. The number of thiazole rings is 1. The predicted octanol–water partition coefficient (Wildman–Crippen LogP) is 4.15. The zero-order valence-corrected chi connectivity index (χ0v) is 15.4. The second kappa shape index (κ2) is 7.17. The van der Waals surface area contributed by atoms with Crippen LogP contribution in [-0.4, -0.2) is 10.9 Å². The van der Waals surface area contributed by atoms with Crippen molar-refractivity contribution in [2.45, 2.75) is 13.5 Å². The highest BCUT2D eigenvalue weighted by Crippen LogP contribution is 2.21. The van der Waals surface area contributed by atoms with Gasteiger partial charge in [-0.05, 0) is 19.1 Å². The van der Waals surface area contributed by atoms with Crippen molar-refractivity contribution in [3.05, 3.63) is 86.5 Å². The van der Waals surface area contributed by atoms with E-state index in [4.69, 9.17) is 4.42 Å². The van der Waals surface area contributed by atoms with E-state index in [1.807, 2.05) is 48.7 Å². The molecular formula is C21H16N2O3S. The Hall–Kier alpha value is -3.25. The number of nitrogens with zero attached hydrogens (tertiary/aromatic N) is 1. The lowest BCUT2D eigenvalue weighted by molar-refractivity contribution is 0.0923. The highest BCUT2D eigenvalue weighted by atomic mass is 32.1. The van der Waals surface area contributed by atoms with E-state index in [0.29, 0.717) is 11.0 Å². The smallest absolute Gasteiger partial charge is 0.287 e. The molecule has 0 aliphatic heterocycles. The number of hydrogen-bond donors (Lipinski definition) is 1. The first-order chi connectivity index (χ1) is 13.1. The summed E-state index contributed by atoms with van der Waals surface area (Å²) in [5.74, 6) is -0.442. The van der Waals surface area contributed by atoms with Gasteiger partial charge in [0.1, 0.15) is 10.6 Å². The second-order valence-electron chi connectivity index (χ2n) is 6.15. The van der Waals surface area contributed by atoms with Crippen LogP contribution in [0.4, 0.5) is 0 Å². The summed E-state index contributed by atoms with van der Waals surface area (Å²) in [5, 5.41) is 5.96. The number of nitrogens with one attached hydrogen (secondary N) is 1. The highest BCUT2D eigenvalue weighted by Gasteiger charge is 2.13. The molecule has 0 saturated carbocycles. The molecule has 134 valence electrons. The van der Waals surface area contributed by atoms with Gasteiger partial charge in [-0.2, -0.15) is 0 Å². The van der Waals surface area contributed by atoms with Crippen LogP contribution < -0.4 is 10.7 Å². The second-order valence-corrected chi connectivity index (χ2v) is 7.09. The molecule has 0 fully saturated rings. The maximum Gasteiger partial charge on any atom is 0.287 e. The molecule has 0 radical (unpaired) electrons. The average Bonchev–Trinajstić information content (AvgIpc) is 3.16. The van der Waals surface area contributed by atoms with Gasteiger partial charge in [0.25, 0.3) is 5.91 Å². The van der Waals surface area contributed by atoms with Crippen molar-refractivity contribution in [1.82, 2.24) is 10.3 Å². The minimum atomic E-state index is -0.439. The summed E-state index contributed by atoms with van der Waals surface area (Å²) in [6.07, 6.45) is 0. The Kier molecular flexibility index (Phi) is 4.56. The number of aryl methyl sites for hydroxylation is 1. The number of benzene rings is 2. The lowest BCUT2D eigenvalue weighted by Crippen LogP contribution is -2.24. The van der Waals surface area contributed by atoms with Crippen LogP contribution >= 0.6 is 11.3 Å². The van der Waals surface area contributed by atoms with E-state index in [9.17, 15) is 9.59 Å². The van der Waals surface area contributed by atoms with Gasteiger partial charge in [0.2, 0.25) is 0 Å². The van der Waals surface area contributed by atoms with E-state index in [1.54, 1.807) is 12.1 Å². The summed E-state index contributed by atoms with van der Waals surface area (Å²) in [7, 11) is 0. The molecule has 0 atom stereocenters. The van der Waals surface area contributed by atoms with Gasteiger partial charge in [0.15, 0.2) is 11.2 Å². The summed E-state index contributed by atoms with van der Waals surface area (Å²) in [6, 6.07) is 16.4. The Morgan fingerprint density at radius 3 is 2.78 bits per heavy atom. The number of hydrogen-bond acceptors (Lipinski definition) is 5. The van der Waals surface area contributed by atoms with Crippen molar-refractivity contribution in [3.63, 3.8) is 0 Å². The molecule has 0 aliphatic rings. The van der Waals surface area contributed by atoms with Crippen LogP contribution in [0.15, 0.2) is 69.2 Å². The van der Waals surface area contributed by atoms with Gasteiger partial charge in [-0.3, -0.25) is 9.59 Å². The lowest BCUT2D eigenvalue weighted by Gasteiger charge is -2.04. The van der Waals surface area contributed by atoms with E-state index in [-0.39, 0.29) is 17.7 Å². The first-order valence-corrected chi connectivity index (χ1v) is 9.31. The number of carbonyl (C=O) groups is 1. The first-order valence-electron chi connectivity index (χ1n) is 8.43. The molecule has 2 aromatic carbocycles. The third-order valence-corrected chi connectivity index (χ3v) is 4.98. The van der Waals surface area contributed by atoms with Crippen molar-refractivity contribution in [3.8, 4) is 11.3 Å². The van der Waals surface area contributed by atoms with E-state index >= 15 is 0 Å². The third kappa shape index (κ3) is 3.66. The number of aromatic nitrogens is 1. The fourth-order valence-corrected chi connectivity index (χ4v) is 3.50. The normalized spacial score (nSPS) is 10.9. The van der Waals surface area contributed by atoms with Crippen LogP contribution in [0.5, 0.6) is 0 Å². The SMILES string of the molecule is Cc1ccc2oc(C(=O)NCc3nc(-c4ccccc4)cs3)cc(=O)c2c1. The Labute approximate surface area is 159 Å². The molecular weight excluding hydrogens is 360 g/mol. The van der Waals surface area contributed by atoms with Crippen molar-refractivity contribution < 1.29 is 9.21 Å². The maximum atomic E-state index is 12.4. The predicted molar refractivity (Wildman–Crippen MR) is 106 cm³/mol. The molecule has 0 bridgehead atoms. The van der Waals surface area contributed by atoms with Gasteiger partial charge in [-0.1, -0.05) is 42.0 Å². The molecule has 27 heavy (non-hydrogen) atoms. The topological polar surface area (TPSA) is 72.2 Å². The molecule has 0 unspecified atom stereocenters. The number of rotatable bonds is 4. The largest absolute Gasteiger partial charge is 0.451 e. The monoisotopic (exact) mass is 376 g/mol. The molecule has 5 nitrogen and oxygen atoms in total. The molecule has 1 amide bonds. The van der Waals surface area contributed by atoms with Gasteiger partial charge >= 0.3 is 0 Å². The summed E-state index contributed by atoms with van der Waals surface area (Å²) in [5.41, 5.74) is 3.04. The highest BCUT2D eigenvalue weighted by molar-refractivity contribution is 7.09. The van der Waals surface area contributed by atoms with E-state index in [0.717, 1.165) is 21.8 Å². The minimum Gasteiger partial charge on any atom is -0.451 e. The summed E-state index contributed by atoms with van der Waals surface area (Å²) in [4.78, 5) is 29.2. The van der Waals surface area contributed by atoms with Gasteiger partial charge in [-0.25, -0.2) is 4.98 Å². The van der Waals surface area contributed by atoms with E-state index < -0.39 is 5.91 Å². The number of carbonyl (C=O) groups excluding carboxylic acids is 1. The third-order valence-electron chi connectivity index (χ3n) is 4.13. The molecule has 4 rings (SSSR count). The first kappa shape index (κ1) is 17.2. The van der Waals surface area contributed by atoms with Crippen LogP contribution in [0.2, 0.25) is 0 Å². The molecule has 2 aromatic heterocycles. The molecule has 0 aliphatic carbocycles. The fourth-order valence-electron chi connectivity index (χ4n) is 2.76. The van der Waals surface area contributed by atoms with Crippen molar-refractivity contribution in [1.29, 1.82) is 0 Å². The Balaban J connectivity index is 1.50. The fraction of sp³-hybridized carbons (Fsp3) is 0.0952. The molecule has 0 saturated heterocycles. The Bertz CT molecular complexity index is 1180. The lowest BCUT2D eigenvalue weighted by atomic mass is 10.1. The van der Waals surface area contributed by atoms with Gasteiger partial charge < -0.3 is 9.73 Å². The summed E-state index contributed by atoms with van der Waals surface area (Å²) < 4.78 is 5.59. The Morgan fingerprint density at radius 1 is 1.15 bits per heavy atom. The van der Waals surface area contributed by atoms with Gasteiger partial charge in [0, 0.05) is 17.0 Å². The number of fused-ring (bicyclic) bond motifs is 1. The number of amides is 1. The minimum absolute atomic E-state index is 0.00353. The zero-order chi connectivity index (χ0) is 18.8. The van der Waals surface area contributed by atoms with Crippen LogP contribution in [0.1, 0.15) is 21.1 Å². The quantitative estimate of drug-likeness (QED) is 0.581. The average molecular weight is 376 g/mol. The zero-order valence-electron chi connectivity index (χ0n) is 14.6. The Morgan fingerprint density at radius 2 is 1.96 bits per heavy atom.